The number of nitrogens with one attached hydrogen (secondary N) is 1. The lowest BCUT2D eigenvalue weighted by molar-refractivity contribution is -0.143. The summed E-state index contributed by atoms with van der Waals surface area (Å²) >= 11 is 12.0. The first-order chi connectivity index (χ1) is 17.5. The Kier molecular flexibility index (Phi) is 7.89. The van der Waals surface area contributed by atoms with Gasteiger partial charge in [-0.1, -0.05) is 53.5 Å². The molecule has 0 saturated carbocycles. The number of carboxylic acid groups (broad SMARTS) is 1. The number of halogens is 2. The normalized spacial score (nSPS) is 18.9. The van der Waals surface area contributed by atoms with Gasteiger partial charge in [-0.05, 0) is 55.7 Å². The monoisotopic (exact) mass is 561 g/mol. The van der Waals surface area contributed by atoms with Crippen molar-refractivity contribution in [3.05, 3.63) is 82.5 Å². The quantitative estimate of drug-likeness (QED) is 0.420. The van der Waals surface area contributed by atoms with Crippen LogP contribution in [0.4, 0.5) is 0 Å². The summed E-state index contributed by atoms with van der Waals surface area (Å²) in [7, 11) is -4.13. The number of rotatable bonds is 8. The molecule has 194 valence electrons. The molecule has 0 spiro atoms. The van der Waals surface area contributed by atoms with Crippen LogP contribution in [0, 0.1) is 0 Å². The number of carbonyl (C=O) groups is 2. The minimum Gasteiger partial charge on any atom is -0.480 e. The molecule has 1 amide bonds. The van der Waals surface area contributed by atoms with Crippen LogP contribution in [0.3, 0.4) is 0 Å². The van der Waals surface area contributed by atoms with E-state index < -0.39 is 33.5 Å². The molecule has 37 heavy (non-hydrogen) atoms. The number of carboxylic acids is 1. The van der Waals surface area contributed by atoms with Crippen molar-refractivity contribution in [3.63, 3.8) is 0 Å². The fraction of sp³-hybridized carbons (Fsp3) is 0.269. The van der Waals surface area contributed by atoms with Gasteiger partial charge in [0.25, 0.3) is 0 Å². The zero-order valence-electron chi connectivity index (χ0n) is 19.9. The molecule has 3 aromatic rings. The summed E-state index contributed by atoms with van der Waals surface area (Å²) in [6, 6.07) is 15.5. The summed E-state index contributed by atoms with van der Waals surface area (Å²) in [5.41, 5.74) is 0.876. The topological polar surface area (TPSA) is 117 Å². The highest BCUT2D eigenvalue weighted by Crippen LogP contribution is 2.36. The van der Waals surface area contributed by atoms with E-state index in [9.17, 15) is 23.1 Å². The molecule has 4 rings (SSSR count). The lowest BCUT2D eigenvalue weighted by Crippen LogP contribution is -2.58. The molecule has 1 unspecified atom stereocenters. The van der Waals surface area contributed by atoms with Gasteiger partial charge in [-0.3, -0.25) is 9.78 Å². The number of hydrogen-bond donors (Lipinski definition) is 2. The van der Waals surface area contributed by atoms with Gasteiger partial charge < -0.3 is 10.4 Å². The average Bonchev–Trinajstić information content (AvgIpc) is 3.27. The number of hydrogen-bond acceptors (Lipinski definition) is 5. The van der Waals surface area contributed by atoms with E-state index >= 15 is 0 Å². The molecule has 0 aliphatic carbocycles. The predicted molar refractivity (Wildman–Crippen MR) is 141 cm³/mol. The van der Waals surface area contributed by atoms with E-state index in [1.807, 2.05) is 30.3 Å². The number of pyridine rings is 1. The molecular weight excluding hydrogens is 537 g/mol. The van der Waals surface area contributed by atoms with Crippen LogP contribution in [0.15, 0.2) is 71.8 Å². The molecule has 1 aliphatic rings. The van der Waals surface area contributed by atoms with E-state index in [1.165, 1.54) is 25.1 Å². The second-order valence-corrected chi connectivity index (χ2v) is 11.8. The van der Waals surface area contributed by atoms with Gasteiger partial charge in [-0.15, -0.1) is 0 Å². The van der Waals surface area contributed by atoms with Crippen LogP contribution in [0.5, 0.6) is 0 Å². The van der Waals surface area contributed by atoms with Crippen molar-refractivity contribution in [2.45, 2.75) is 42.7 Å². The van der Waals surface area contributed by atoms with Gasteiger partial charge in [0.1, 0.15) is 11.6 Å². The number of carbonyl (C=O) groups excluding carboxylic acids is 1. The fourth-order valence-electron chi connectivity index (χ4n) is 4.45. The summed E-state index contributed by atoms with van der Waals surface area (Å²) in [5.74, 6) is -1.90. The van der Waals surface area contributed by atoms with E-state index in [4.69, 9.17) is 23.2 Å². The van der Waals surface area contributed by atoms with Gasteiger partial charge in [0, 0.05) is 34.8 Å². The molecule has 1 aromatic heterocycles. The summed E-state index contributed by atoms with van der Waals surface area (Å²) < 4.78 is 27.9. The van der Waals surface area contributed by atoms with Crippen molar-refractivity contribution in [3.8, 4) is 11.3 Å². The molecular formula is C26H25Cl2N3O5S. The summed E-state index contributed by atoms with van der Waals surface area (Å²) in [6.07, 6.45) is 2.38. The van der Waals surface area contributed by atoms with Gasteiger partial charge in [0.05, 0.1) is 10.6 Å². The van der Waals surface area contributed by atoms with E-state index in [2.05, 4.69) is 10.3 Å². The third-order valence-corrected chi connectivity index (χ3v) is 8.88. The van der Waals surface area contributed by atoms with Crippen LogP contribution < -0.4 is 5.32 Å². The smallest absolute Gasteiger partial charge is 0.326 e. The summed E-state index contributed by atoms with van der Waals surface area (Å²) in [6.45, 7) is 1.60. The van der Waals surface area contributed by atoms with E-state index in [0.29, 0.717) is 12.0 Å². The Balaban J connectivity index is 1.53. The first-order valence-corrected chi connectivity index (χ1v) is 13.7. The molecule has 1 saturated heterocycles. The Morgan fingerprint density at radius 2 is 1.78 bits per heavy atom. The molecule has 0 radical (unpaired) electrons. The average molecular weight is 562 g/mol. The van der Waals surface area contributed by atoms with Gasteiger partial charge >= 0.3 is 5.97 Å². The molecule has 1 fully saturated rings. The van der Waals surface area contributed by atoms with Crippen LogP contribution >= 0.6 is 23.2 Å². The van der Waals surface area contributed by atoms with Crippen molar-refractivity contribution < 1.29 is 23.1 Å². The largest absolute Gasteiger partial charge is 0.480 e. The maximum atomic E-state index is 13.4. The predicted octanol–water partition coefficient (Wildman–Crippen LogP) is 4.41. The number of nitrogens with zero attached hydrogens (tertiary/aromatic N) is 2. The van der Waals surface area contributed by atoms with E-state index in [-0.39, 0.29) is 34.3 Å². The molecule has 0 bridgehead atoms. The zero-order valence-corrected chi connectivity index (χ0v) is 22.2. The molecule has 2 heterocycles. The Hall–Kier alpha value is -2.98. The van der Waals surface area contributed by atoms with Gasteiger partial charge in [0.15, 0.2) is 0 Å². The molecule has 2 N–H and O–H groups in total. The first-order valence-electron chi connectivity index (χ1n) is 11.5. The Morgan fingerprint density at radius 3 is 2.38 bits per heavy atom. The maximum absolute atomic E-state index is 13.4. The Labute approximate surface area is 225 Å². The summed E-state index contributed by atoms with van der Waals surface area (Å²) in [4.78, 5) is 29.6. The molecule has 8 nitrogen and oxygen atoms in total. The van der Waals surface area contributed by atoms with Crippen molar-refractivity contribution in [2.24, 2.45) is 0 Å². The van der Waals surface area contributed by atoms with Gasteiger partial charge in [0.2, 0.25) is 15.9 Å². The highest BCUT2D eigenvalue weighted by molar-refractivity contribution is 7.89. The molecule has 2 aromatic carbocycles. The molecule has 2 atom stereocenters. The minimum absolute atomic E-state index is 0.0241. The Morgan fingerprint density at radius 1 is 1.11 bits per heavy atom. The maximum Gasteiger partial charge on any atom is 0.326 e. The highest BCUT2D eigenvalue weighted by atomic mass is 35.5. The standard InChI is InChI=1S/C26H25Cl2N3O5S/c1-26(10-4-12-31(26)37(35,36)21-15-19(27)14-20(28)16-21)25(34)30-23(24(32)33)13-17-6-8-18(9-7-17)22-5-2-3-11-29-22/h2-3,5-9,11,14-16,23H,4,10,12-13H2,1H3,(H,30,34)(H,32,33)/t23?,26-/m0/s1. The first kappa shape index (κ1) is 27.1. The van der Waals surface area contributed by atoms with Gasteiger partial charge in [-0.25, -0.2) is 13.2 Å². The Bertz CT molecular complexity index is 1400. The fourth-order valence-corrected chi connectivity index (χ4v) is 6.99. The number of aliphatic carboxylic acids is 1. The number of benzene rings is 2. The number of aromatic nitrogens is 1. The van der Waals surface area contributed by atoms with Crippen LogP contribution in [0.2, 0.25) is 10.0 Å². The zero-order chi connectivity index (χ0) is 26.8. The highest BCUT2D eigenvalue weighted by Gasteiger charge is 2.50. The van der Waals surface area contributed by atoms with Crippen molar-refractivity contribution in [1.29, 1.82) is 0 Å². The number of sulfonamides is 1. The van der Waals surface area contributed by atoms with Gasteiger partial charge in [-0.2, -0.15) is 4.31 Å². The van der Waals surface area contributed by atoms with Crippen molar-refractivity contribution in [2.75, 3.05) is 6.54 Å². The van der Waals surface area contributed by atoms with Crippen molar-refractivity contribution >= 4 is 45.1 Å². The van der Waals surface area contributed by atoms with Crippen LogP contribution in [0.1, 0.15) is 25.3 Å². The molecule has 1 aliphatic heterocycles. The van der Waals surface area contributed by atoms with E-state index in [0.717, 1.165) is 15.6 Å². The van der Waals surface area contributed by atoms with Crippen LogP contribution in [-0.4, -0.2) is 52.8 Å². The van der Waals surface area contributed by atoms with Crippen molar-refractivity contribution in [1.82, 2.24) is 14.6 Å². The van der Waals surface area contributed by atoms with Crippen LogP contribution in [-0.2, 0) is 26.0 Å². The molecule has 11 heteroatoms. The lowest BCUT2D eigenvalue weighted by Gasteiger charge is -2.34. The third kappa shape index (κ3) is 5.80. The second-order valence-electron chi connectivity index (χ2n) is 9.04. The van der Waals surface area contributed by atoms with Crippen LogP contribution in [0.25, 0.3) is 11.3 Å². The van der Waals surface area contributed by atoms with E-state index in [1.54, 1.807) is 18.3 Å². The second kappa shape index (κ2) is 10.8. The summed E-state index contributed by atoms with van der Waals surface area (Å²) in [5, 5.41) is 12.7. The number of amides is 1. The SMILES string of the molecule is C[C@@]1(C(=O)NC(Cc2ccc(-c3ccccn3)cc2)C(=O)O)CCCN1S(=O)(=O)c1cc(Cl)cc(Cl)c1. The minimum atomic E-state index is -4.13. The lowest BCUT2D eigenvalue weighted by atomic mass is 9.97. The third-order valence-electron chi connectivity index (χ3n) is 6.45.